The molecule has 3 heteroatoms. The van der Waals surface area contributed by atoms with E-state index in [9.17, 15) is 5.11 Å². The summed E-state index contributed by atoms with van der Waals surface area (Å²) in [6.07, 6.45) is 2.72. The minimum atomic E-state index is -0.197. The van der Waals surface area contributed by atoms with Gasteiger partial charge in [0.25, 0.3) is 0 Å². The number of aryl methyl sites for hydroxylation is 1. The van der Waals surface area contributed by atoms with Crippen LogP contribution in [0.3, 0.4) is 0 Å². The second-order valence-corrected chi connectivity index (χ2v) is 4.43. The number of nitrogens with one attached hydrogen (secondary N) is 1. The van der Waals surface area contributed by atoms with Crippen LogP contribution in [0.15, 0.2) is 18.3 Å². The van der Waals surface area contributed by atoms with E-state index in [-0.39, 0.29) is 6.10 Å². The molecular weight excluding hydrogens is 188 g/mol. The Kier molecular flexibility index (Phi) is 4.85. The van der Waals surface area contributed by atoms with Crippen molar-refractivity contribution in [1.82, 2.24) is 9.88 Å². The molecule has 0 bridgehead atoms. The van der Waals surface area contributed by atoms with Crippen molar-refractivity contribution >= 4 is 0 Å². The number of rotatable bonds is 6. The molecule has 86 valence electrons. The van der Waals surface area contributed by atoms with Crippen LogP contribution in [0.4, 0.5) is 0 Å². The number of aliphatic hydroxyl groups excluding tert-OH is 1. The maximum Gasteiger partial charge on any atom is 0.0515 e. The Labute approximate surface area is 92.1 Å². The highest BCUT2D eigenvalue weighted by atomic mass is 16.3. The van der Waals surface area contributed by atoms with Gasteiger partial charge in [-0.2, -0.15) is 0 Å². The van der Waals surface area contributed by atoms with Crippen LogP contribution in [0.2, 0.25) is 0 Å². The highest BCUT2D eigenvalue weighted by molar-refractivity contribution is 5.05. The van der Waals surface area contributed by atoms with Crippen LogP contribution < -0.4 is 5.32 Å². The van der Waals surface area contributed by atoms with E-state index in [2.05, 4.69) is 42.2 Å². The topological polar surface area (TPSA) is 37.2 Å². The van der Waals surface area contributed by atoms with E-state index in [4.69, 9.17) is 0 Å². The number of hydrogen-bond acceptors (Lipinski definition) is 2. The molecule has 1 rings (SSSR count). The summed E-state index contributed by atoms with van der Waals surface area (Å²) in [6, 6.07) is 4.17. The molecule has 3 nitrogen and oxygen atoms in total. The van der Waals surface area contributed by atoms with Gasteiger partial charge >= 0.3 is 0 Å². The molecule has 0 aliphatic heterocycles. The molecule has 1 aromatic rings. The standard InChI is InChI=1S/C12H22N2O/c1-10(7-11(2)15)8-13-9-12-5-4-6-14(12)3/h4-6,10-11,13,15H,7-9H2,1-3H3. The highest BCUT2D eigenvalue weighted by Gasteiger charge is 2.05. The minimum absolute atomic E-state index is 0.197. The third kappa shape index (κ3) is 4.49. The van der Waals surface area contributed by atoms with Crippen molar-refractivity contribution in [3.63, 3.8) is 0 Å². The Bertz CT molecular complexity index is 281. The summed E-state index contributed by atoms with van der Waals surface area (Å²) in [4.78, 5) is 0. The zero-order valence-corrected chi connectivity index (χ0v) is 9.90. The van der Waals surface area contributed by atoms with Crippen LogP contribution in [0.5, 0.6) is 0 Å². The van der Waals surface area contributed by atoms with E-state index in [1.165, 1.54) is 5.69 Å². The lowest BCUT2D eigenvalue weighted by Gasteiger charge is -2.14. The van der Waals surface area contributed by atoms with Gasteiger partial charge in [-0.15, -0.1) is 0 Å². The Morgan fingerprint density at radius 1 is 1.47 bits per heavy atom. The van der Waals surface area contributed by atoms with Crippen molar-refractivity contribution in [1.29, 1.82) is 0 Å². The van der Waals surface area contributed by atoms with E-state index in [1.807, 2.05) is 6.92 Å². The van der Waals surface area contributed by atoms with Crippen LogP contribution in [0.25, 0.3) is 0 Å². The molecule has 0 radical (unpaired) electrons. The van der Waals surface area contributed by atoms with Gasteiger partial charge in [0.15, 0.2) is 0 Å². The SMILES string of the molecule is CC(O)CC(C)CNCc1cccn1C. The molecule has 1 heterocycles. The molecule has 0 spiro atoms. The molecule has 1 aromatic heterocycles. The molecule has 2 unspecified atom stereocenters. The fourth-order valence-corrected chi connectivity index (χ4v) is 1.79. The lowest BCUT2D eigenvalue weighted by atomic mass is 10.0. The zero-order valence-electron chi connectivity index (χ0n) is 9.90. The second kappa shape index (κ2) is 5.93. The van der Waals surface area contributed by atoms with Crippen LogP contribution >= 0.6 is 0 Å². The van der Waals surface area contributed by atoms with Gasteiger partial charge in [-0.3, -0.25) is 0 Å². The van der Waals surface area contributed by atoms with Gasteiger partial charge in [-0.1, -0.05) is 6.92 Å². The smallest absolute Gasteiger partial charge is 0.0515 e. The second-order valence-electron chi connectivity index (χ2n) is 4.43. The van der Waals surface area contributed by atoms with E-state index < -0.39 is 0 Å². The molecule has 0 fully saturated rings. The average Bonchev–Trinajstić information content (AvgIpc) is 2.50. The summed E-state index contributed by atoms with van der Waals surface area (Å²) in [5.74, 6) is 0.519. The average molecular weight is 210 g/mol. The van der Waals surface area contributed by atoms with Crippen molar-refractivity contribution < 1.29 is 5.11 Å². The number of nitrogens with zero attached hydrogens (tertiary/aromatic N) is 1. The first-order chi connectivity index (χ1) is 7.09. The summed E-state index contributed by atoms with van der Waals surface area (Å²) >= 11 is 0. The fraction of sp³-hybridized carbons (Fsp3) is 0.667. The van der Waals surface area contributed by atoms with E-state index in [0.717, 1.165) is 19.5 Å². The number of hydrogen-bond donors (Lipinski definition) is 2. The van der Waals surface area contributed by atoms with Crippen LogP contribution in [0, 0.1) is 5.92 Å². The quantitative estimate of drug-likeness (QED) is 0.747. The summed E-state index contributed by atoms with van der Waals surface area (Å²) in [7, 11) is 2.05. The van der Waals surface area contributed by atoms with E-state index in [1.54, 1.807) is 0 Å². The maximum atomic E-state index is 9.22. The van der Waals surface area contributed by atoms with Crippen molar-refractivity contribution in [3.05, 3.63) is 24.0 Å². The Balaban J connectivity index is 2.19. The third-order valence-corrected chi connectivity index (χ3v) is 2.59. The van der Waals surface area contributed by atoms with Gasteiger partial charge in [0.2, 0.25) is 0 Å². The first kappa shape index (κ1) is 12.3. The lowest BCUT2D eigenvalue weighted by Crippen LogP contribution is -2.23. The Morgan fingerprint density at radius 2 is 2.20 bits per heavy atom. The predicted octanol–water partition coefficient (Wildman–Crippen LogP) is 1.52. The maximum absolute atomic E-state index is 9.22. The molecule has 0 saturated carbocycles. The molecule has 0 saturated heterocycles. The van der Waals surface area contributed by atoms with E-state index >= 15 is 0 Å². The van der Waals surface area contributed by atoms with Gasteiger partial charge in [0.05, 0.1) is 6.10 Å². The Morgan fingerprint density at radius 3 is 2.73 bits per heavy atom. The summed E-state index contributed by atoms with van der Waals surface area (Å²) in [6.45, 7) is 5.85. The molecule has 0 amide bonds. The van der Waals surface area contributed by atoms with Gasteiger partial charge < -0.3 is 15.0 Å². The largest absolute Gasteiger partial charge is 0.393 e. The van der Waals surface area contributed by atoms with Crippen LogP contribution in [-0.4, -0.2) is 22.3 Å². The van der Waals surface area contributed by atoms with Gasteiger partial charge in [0.1, 0.15) is 0 Å². The zero-order chi connectivity index (χ0) is 11.3. The lowest BCUT2D eigenvalue weighted by molar-refractivity contribution is 0.163. The molecular formula is C12H22N2O. The first-order valence-corrected chi connectivity index (χ1v) is 5.58. The Hall–Kier alpha value is -0.800. The molecule has 2 atom stereocenters. The molecule has 15 heavy (non-hydrogen) atoms. The third-order valence-electron chi connectivity index (χ3n) is 2.59. The summed E-state index contributed by atoms with van der Waals surface area (Å²) in [5.41, 5.74) is 1.29. The van der Waals surface area contributed by atoms with Crippen molar-refractivity contribution in [2.75, 3.05) is 6.54 Å². The van der Waals surface area contributed by atoms with Crippen LogP contribution in [-0.2, 0) is 13.6 Å². The monoisotopic (exact) mass is 210 g/mol. The minimum Gasteiger partial charge on any atom is -0.393 e. The van der Waals surface area contributed by atoms with Crippen molar-refractivity contribution in [3.8, 4) is 0 Å². The van der Waals surface area contributed by atoms with Crippen molar-refractivity contribution in [2.24, 2.45) is 13.0 Å². The molecule has 0 aliphatic carbocycles. The van der Waals surface area contributed by atoms with Crippen LogP contribution in [0.1, 0.15) is 26.0 Å². The first-order valence-electron chi connectivity index (χ1n) is 5.58. The van der Waals surface area contributed by atoms with E-state index in [0.29, 0.717) is 5.92 Å². The summed E-state index contributed by atoms with van der Waals surface area (Å²) in [5, 5.41) is 12.6. The van der Waals surface area contributed by atoms with Crippen molar-refractivity contribution in [2.45, 2.75) is 32.9 Å². The van der Waals surface area contributed by atoms with Gasteiger partial charge in [-0.05, 0) is 37.9 Å². The number of aliphatic hydroxyl groups is 1. The molecule has 0 aliphatic rings. The highest BCUT2D eigenvalue weighted by Crippen LogP contribution is 2.05. The number of aromatic nitrogens is 1. The normalized spacial score (nSPS) is 15.2. The predicted molar refractivity (Wildman–Crippen MR) is 62.6 cm³/mol. The molecule has 0 aromatic carbocycles. The van der Waals surface area contributed by atoms with Gasteiger partial charge in [-0.25, -0.2) is 0 Å². The van der Waals surface area contributed by atoms with Gasteiger partial charge in [0, 0.05) is 25.5 Å². The fourth-order valence-electron chi connectivity index (χ4n) is 1.79. The summed E-state index contributed by atoms with van der Waals surface area (Å²) < 4.78 is 2.12. The molecule has 2 N–H and O–H groups in total.